The van der Waals surface area contributed by atoms with E-state index in [0.29, 0.717) is 0 Å². The van der Waals surface area contributed by atoms with E-state index < -0.39 is 11.0 Å². The third-order valence-electron chi connectivity index (χ3n) is 4.44. The van der Waals surface area contributed by atoms with Gasteiger partial charge in [0.2, 0.25) is 0 Å². The molecule has 0 aromatic carbocycles. The molecule has 0 aromatic heterocycles. The monoisotopic (exact) mass is 184 g/mol. The van der Waals surface area contributed by atoms with Crippen molar-refractivity contribution in [3.05, 3.63) is 0 Å². The summed E-state index contributed by atoms with van der Waals surface area (Å²) in [5, 5.41) is 10.0. The van der Waals surface area contributed by atoms with E-state index in [4.69, 9.17) is 4.74 Å². The quantitative estimate of drug-likeness (QED) is 0.621. The number of hydrogen-bond donors (Lipinski definition) is 1. The Morgan fingerprint density at radius 1 is 1.38 bits per heavy atom. The van der Waals surface area contributed by atoms with Gasteiger partial charge in [-0.25, -0.2) is 0 Å². The zero-order valence-corrected chi connectivity index (χ0v) is 8.39. The number of methoxy groups -OCH3 is 1. The van der Waals surface area contributed by atoms with E-state index >= 15 is 0 Å². The van der Waals surface area contributed by atoms with Crippen molar-refractivity contribution in [1.29, 1.82) is 0 Å². The maximum Gasteiger partial charge on any atom is 0.312 e. The van der Waals surface area contributed by atoms with Gasteiger partial charge in [0.1, 0.15) is 0 Å². The van der Waals surface area contributed by atoms with E-state index in [1.54, 1.807) is 0 Å². The van der Waals surface area contributed by atoms with Crippen molar-refractivity contribution in [1.82, 2.24) is 0 Å². The van der Waals surface area contributed by atoms with Crippen molar-refractivity contribution in [2.45, 2.75) is 38.7 Å². The summed E-state index contributed by atoms with van der Waals surface area (Å²) in [5.74, 6) is -0.177. The summed E-state index contributed by atoms with van der Waals surface area (Å²) in [6.07, 6.45) is 2.22. The molecule has 2 saturated carbocycles. The van der Waals surface area contributed by atoms with Crippen molar-refractivity contribution in [3.8, 4) is 0 Å². The number of aliphatic hydroxyl groups is 1. The molecule has 3 atom stereocenters. The van der Waals surface area contributed by atoms with Gasteiger partial charge in [0.15, 0.2) is 0 Å². The SMILES string of the molecule is COC(=O)[C@@]1(C)CC[C@@]2(O)C[C@]21C. The predicted octanol–water partition coefficient (Wildman–Crippen LogP) is 1.10. The van der Waals surface area contributed by atoms with E-state index in [1.807, 2.05) is 13.8 Å². The molecule has 0 aliphatic heterocycles. The van der Waals surface area contributed by atoms with Crippen LogP contribution in [0, 0.1) is 10.8 Å². The minimum atomic E-state index is -0.587. The molecule has 3 heteroatoms. The summed E-state index contributed by atoms with van der Waals surface area (Å²) in [5.41, 5.74) is -1.31. The van der Waals surface area contributed by atoms with E-state index in [1.165, 1.54) is 7.11 Å². The molecule has 2 fully saturated rings. The van der Waals surface area contributed by atoms with Crippen LogP contribution in [0.4, 0.5) is 0 Å². The average Bonchev–Trinajstić information content (AvgIpc) is 2.59. The molecule has 3 nitrogen and oxygen atoms in total. The minimum absolute atomic E-state index is 0.177. The van der Waals surface area contributed by atoms with Gasteiger partial charge in [0.05, 0.1) is 18.1 Å². The molecule has 2 aliphatic carbocycles. The van der Waals surface area contributed by atoms with Crippen LogP contribution in [0.3, 0.4) is 0 Å². The van der Waals surface area contributed by atoms with Crippen LogP contribution in [0.1, 0.15) is 33.1 Å². The molecule has 2 rings (SSSR count). The third kappa shape index (κ3) is 0.766. The van der Waals surface area contributed by atoms with Crippen LogP contribution in [-0.2, 0) is 9.53 Å². The topological polar surface area (TPSA) is 46.5 Å². The van der Waals surface area contributed by atoms with Crippen molar-refractivity contribution < 1.29 is 14.6 Å². The average molecular weight is 184 g/mol. The highest BCUT2D eigenvalue weighted by atomic mass is 16.5. The summed E-state index contributed by atoms with van der Waals surface area (Å²) in [4.78, 5) is 11.6. The lowest BCUT2D eigenvalue weighted by Gasteiger charge is -2.28. The van der Waals surface area contributed by atoms with Gasteiger partial charge in [-0.15, -0.1) is 0 Å². The second kappa shape index (κ2) is 2.08. The van der Waals surface area contributed by atoms with Gasteiger partial charge >= 0.3 is 5.97 Å². The number of esters is 1. The van der Waals surface area contributed by atoms with E-state index in [2.05, 4.69) is 0 Å². The molecule has 0 heterocycles. The molecule has 13 heavy (non-hydrogen) atoms. The molecule has 0 aromatic rings. The lowest BCUT2D eigenvalue weighted by Crippen LogP contribution is -2.35. The van der Waals surface area contributed by atoms with Gasteiger partial charge in [0.25, 0.3) is 0 Å². The first-order valence-corrected chi connectivity index (χ1v) is 4.70. The molecule has 0 saturated heterocycles. The zero-order chi connectivity index (χ0) is 9.91. The van der Waals surface area contributed by atoms with Gasteiger partial charge < -0.3 is 9.84 Å². The molecule has 74 valence electrons. The van der Waals surface area contributed by atoms with Crippen LogP contribution in [0.2, 0.25) is 0 Å². The van der Waals surface area contributed by atoms with Crippen LogP contribution >= 0.6 is 0 Å². The fourth-order valence-corrected chi connectivity index (χ4v) is 2.90. The Morgan fingerprint density at radius 2 is 2.00 bits per heavy atom. The number of carbonyl (C=O) groups excluding carboxylic acids is 1. The number of carbonyl (C=O) groups is 1. The summed E-state index contributed by atoms with van der Waals surface area (Å²) >= 11 is 0. The maximum atomic E-state index is 11.6. The smallest absolute Gasteiger partial charge is 0.312 e. The van der Waals surface area contributed by atoms with Crippen LogP contribution in [0.25, 0.3) is 0 Å². The number of fused-ring (bicyclic) bond motifs is 1. The first-order chi connectivity index (χ1) is 5.90. The van der Waals surface area contributed by atoms with Gasteiger partial charge in [0, 0.05) is 5.41 Å². The second-order valence-electron chi connectivity index (χ2n) is 4.86. The zero-order valence-electron chi connectivity index (χ0n) is 8.39. The van der Waals surface area contributed by atoms with Crippen molar-refractivity contribution >= 4 is 5.97 Å². The maximum absolute atomic E-state index is 11.6. The fraction of sp³-hybridized carbons (Fsp3) is 0.900. The summed E-state index contributed by atoms with van der Waals surface area (Å²) in [7, 11) is 1.41. The summed E-state index contributed by atoms with van der Waals surface area (Å²) < 4.78 is 4.79. The van der Waals surface area contributed by atoms with E-state index in [0.717, 1.165) is 19.3 Å². The lowest BCUT2D eigenvalue weighted by molar-refractivity contribution is -0.155. The van der Waals surface area contributed by atoms with Crippen LogP contribution < -0.4 is 0 Å². The molecule has 1 N–H and O–H groups in total. The Labute approximate surface area is 78.1 Å². The Bertz CT molecular complexity index is 271. The Kier molecular flexibility index (Phi) is 1.44. The standard InChI is InChI=1S/C10H16O3/c1-8(7(11)13-3)4-5-10(12)6-9(8,10)2/h12H,4-6H2,1-3H3/t8-,9+,10-/m1/s1. The first kappa shape index (κ1) is 9.00. The number of ether oxygens (including phenoxy) is 1. The van der Waals surface area contributed by atoms with Gasteiger partial charge in [-0.3, -0.25) is 4.79 Å². The van der Waals surface area contributed by atoms with E-state index in [-0.39, 0.29) is 11.4 Å². The van der Waals surface area contributed by atoms with E-state index in [9.17, 15) is 9.90 Å². The normalized spacial score (nSPS) is 52.9. The van der Waals surface area contributed by atoms with Gasteiger partial charge in [-0.1, -0.05) is 6.92 Å². The highest BCUT2D eigenvalue weighted by molar-refractivity contribution is 5.79. The molecular weight excluding hydrogens is 168 g/mol. The Balaban J connectivity index is 2.32. The highest BCUT2D eigenvalue weighted by Crippen LogP contribution is 2.74. The van der Waals surface area contributed by atoms with Crippen LogP contribution in [0.15, 0.2) is 0 Å². The Hall–Kier alpha value is -0.570. The van der Waals surface area contributed by atoms with Crippen LogP contribution in [-0.4, -0.2) is 23.8 Å². The lowest BCUT2D eigenvalue weighted by atomic mass is 9.76. The highest BCUT2D eigenvalue weighted by Gasteiger charge is 2.78. The van der Waals surface area contributed by atoms with Crippen molar-refractivity contribution in [3.63, 3.8) is 0 Å². The van der Waals surface area contributed by atoms with Crippen molar-refractivity contribution in [2.24, 2.45) is 10.8 Å². The summed E-state index contributed by atoms with van der Waals surface area (Å²) in [6, 6.07) is 0. The molecule has 2 aliphatic rings. The molecular formula is C10H16O3. The first-order valence-electron chi connectivity index (χ1n) is 4.70. The molecule has 0 spiro atoms. The fourth-order valence-electron chi connectivity index (χ4n) is 2.90. The number of hydrogen-bond acceptors (Lipinski definition) is 3. The van der Waals surface area contributed by atoms with Gasteiger partial charge in [-0.05, 0) is 26.2 Å². The Morgan fingerprint density at radius 3 is 2.31 bits per heavy atom. The van der Waals surface area contributed by atoms with Crippen LogP contribution in [0.5, 0.6) is 0 Å². The molecule has 0 radical (unpaired) electrons. The predicted molar refractivity (Wildman–Crippen MR) is 47.0 cm³/mol. The molecule has 0 bridgehead atoms. The van der Waals surface area contributed by atoms with Crippen molar-refractivity contribution in [2.75, 3.05) is 7.11 Å². The minimum Gasteiger partial charge on any atom is -0.469 e. The molecule has 0 amide bonds. The number of rotatable bonds is 1. The largest absolute Gasteiger partial charge is 0.469 e. The second-order valence-corrected chi connectivity index (χ2v) is 4.86. The van der Waals surface area contributed by atoms with Gasteiger partial charge in [-0.2, -0.15) is 0 Å². The summed E-state index contributed by atoms with van der Waals surface area (Å²) in [6.45, 7) is 3.89. The molecule has 0 unspecified atom stereocenters. The third-order valence-corrected chi connectivity index (χ3v) is 4.44.